The third-order valence-corrected chi connectivity index (χ3v) is 6.49. The topological polar surface area (TPSA) is 84.8 Å². The Kier molecular flexibility index (Phi) is 4.60. The second-order valence-electron chi connectivity index (χ2n) is 8.72. The lowest BCUT2D eigenvalue weighted by Gasteiger charge is -2.49. The summed E-state index contributed by atoms with van der Waals surface area (Å²) in [6, 6.07) is 13.4. The fourth-order valence-corrected chi connectivity index (χ4v) is 4.98. The molecule has 1 amide bonds. The summed E-state index contributed by atoms with van der Waals surface area (Å²) in [4.78, 5) is 28.5. The number of hydroxylamine groups is 2. The number of piperidine rings is 1. The summed E-state index contributed by atoms with van der Waals surface area (Å²) in [7, 11) is 1.74. The van der Waals surface area contributed by atoms with Gasteiger partial charge in [-0.1, -0.05) is 24.3 Å². The van der Waals surface area contributed by atoms with Crippen molar-refractivity contribution in [2.24, 2.45) is 10.7 Å². The number of guanidine groups is 1. The average molecular weight is 431 g/mol. The highest BCUT2D eigenvalue weighted by atomic mass is 16.7. The molecule has 2 N–H and O–H groups in total. The Bertz CT molecular complexity index is 1170. The number of nitrogens with two attached hydrogens (primary N) is 1. The van der Waals surface area contributed by atoms with Crippen LogP contribution < -0.4 is 10.5 Å². The normalized spacial score (nSPS) is 26.5. The molecule has 8 heteroatoms. The maximum Gasteiger partial charge on any atom is 0.222 e. The molecule has 0 aliphatic carbocycles. The Morgan fingerprint density at radius 1 is 1.25 bits per heavy atom. The molecule has 164 valence electrons. The third-order valence-electron chi connectivity index (χ3n) is 6.49. The van der Waals surface area contributed by atoms with Crippen molar-refractivity contribution in [1.29, 1.82) is 0 Å². The molecule has 2 aromatic carbocycles. The fourth-order valence-electron chi connectivity index (χ4n) is 4.98. The maximum atomic E-state index is 12.1. The van der Waals surface area contributed by atoms with E-state index in [0.717, 1.165) is 36.1 Å². The largest absolute Gasteiger partial charge is 0.485 e. The molecule has 0 bridgehead atoms. The molecular formula is C24H25N5O3. The molecule has 2 atom stereocenters. The number of nitrogens with zero attached hydrogens (tertiary/aromatic N) is 4. The molecule has 5 rings (SSSR count). The lowest BCUT2D eigenvalue weighted by atomic mass is 9.79. The number of fused-ring (bicyclic) bond motifs is 2. The Morgan fingerprint density at radius 2 is 2.06 bits per heavy atom. The molecule has 2 spiro atoms. The molecular weight excluding hydrogens is 406 g/mol. The van der Waals surface area contributed by atoms with Crippen LogP contribution in [0.15, 0.2) is 47.5 Å². The first kappa shape index (κ1) is 20.3. The van der Waals surface area contributed by atoms with E-state index < -0.39 is 11.3 Å². The van der Waals surface area contributed by atoms with Crippen molar-refractivity contribution in [3.63, 3.8) is 0 Å². The van der Waals surface area contributed by atoms with Crippen LogP contribution in [0, 0.1) is 6.57 Å². The van der Waals surface area contributed by atoms with E-state index in [9.17, 15) is 4.79 Å². The van der Waals surface area contributed by atoms with Crippen molar-refractivity contribution in [3.05, 3.63) is 59.4 Å². The number of likely N-dealkylation sites (tertiary alicyclic amines) is 1. The predicted molar refractivity (Wildman–Crippen MR) is 120 cm³/mol. The summed E-state index contributed by atoms with van der Waals surface area (Å²) < 4.78 is 6.58. The molecule has 2 aromatic rings. The Balaban J connectivity index is 1.61. The van der Waals surface area contributed by atoms with E-state index in [-0.39, 0.29) is 5.91 Å². The highest BCUT2D eigenvalue weighted by Crippen LogP contribution is 2.52. The van der Waals surface area contributed by atoms with E-state index in [4.69, 9.17) is 26.9 Å². The highest BCUT2D eigenvalue weighted by Gasteiger charge is 2.55. The van der Waals surface area contributed by atoms with Crippen molar-refractivity contribution >= 4 is 17.6 Å². The van der Waals surface area contributed by atoms with E-state index >= 15 is 0 Å². The summed E-state index contributed by atoms with van der Waals surface area (Å²) in [5.74, 6) is 1.02. The maximum absolute atomic E-state index is 12.1. The van der Waals surface area contributed by atoms with Gasteiger partial charge in [0.25, 0.3) is 0 Å². The number of benzene rings is 2. The van der Waals surface area contributed by atoms with Crippen molar-refractivity contribution in [3.8, 4) is 16.9 Å². The molecule has 2 unspecified atom stereocenters. The van der Waals surface area contributed by atoms with Crippen LogP contribution in [0.2, 0.25) is 0 Å². The van der Waals surface area contributed by atoms with Gasteiger partial charge in [-0.05, 0) is 42.2 Å². The van der Waals surface area contributed by atoms with Crippen LogP contribution in [0.5, 0.6) is 5.75 Å². The van der Waals surface area contributed by atoms with Gasteiger partial charge >= 0.3 is 0 Å². The van der Waals surface area contributed by atoms with Crippen LogP contribution in [0.25, 0.3) is 16.0 Å². The lowest BCUT2D eigenvalue weighted by molar-refractivity contribution is -0.210. The predicted octanol–water partition coefficient (Wildman–Crippen LogP) is 3.41. The Hall–Kier alpha value is -3.57. The van der Waals surface area contributed by atoms with Gasteiger partial charge in [-0.2, -0.15) is 0 Å². The first-order valence-corrected chi connectivity index (χ1v) is 10.7. The Labute approximate surface area is 187 Å². The standard InChI is InChI=1S/C24H25N5O3/c1-16(30)29-11-5-10-23(15-29)14-24(27-22(25)28(3)32-24)20-13-18(8-9-21(20)31-23)17-6-4-7-19(12-17)26-2/h4,6-9,12-13H,5,10-11,14-15H2,1,3H3,(H2,25,27). The highest BCUT2D eigenvalue weighted by molar-refractivity contribution is 5.79. The number of ether oxygens (including phenoxy) is 1. The smallest absolute Gasteiger partial charge is 0.222 e. The number of carbonyl (C=O) groups excluding carboxylic acids is 1. The van der Waals surface area contributed by atoms with Gasteiger partial charge in [-0.25, -0.2) is 19.7 Å². The molecule has 3 aliphatic heterocycles. The van der Waals surface area contributed by atoms with E-state index in [0.29, 0.717) is 30.4 Å². The molecule has 0 saturated carbocycles. The first-order valence-electron chi connectivity index (χ1n) is 10.7. The molecule has 8 nitrogen and oxygen atoms in total. The molecule has 1 saturated heterocycles. The van der Waals surface area contributed by atoms with Gasteiger partial charge in [0.15, 0.2) is 5.69 Å². The number of hydrogen-bond donors (Lipinski definition) is 1. The minimum absolute atomic E-state index is 0.0371. The second kappa shape index (κ2) is 7.24. The van der Waals surface area contributed by atoms with Gasteiger partial charge < -0.3 is 15.4 Å². The van der Waals surface area contributed by atoms with E-state index in [1.165, 1.54) is 5.06 Å². The van der Waals surface area contributed by atoms with Gasteiger partial charge in [0.2, 0.25) is 17.6 Å². The zero-order valence-electron chi connectivity index (χ0n) is 18.2. The van der Waals surface area contributed by atoms with Gasteiger partial charge in [0.05, 0.1) is 18.7 Å². The summed E-state index contributed by atoms with van der Waals surface area (Å²) >= 11 is 0. The second-order valence-corrected chi connectivity index (χ2v) is 8.72. The number of carbonyl (C=O) groups is 1. The summed E-state index contributed by atoms with van der Waals surface area (Å²) in [5.41, 5.74) is 7.75. The molecule has 3 aliphatic rings. The van der Waals surface area contributed by atoms with Gasteiger partial charge in [-0.3, -0.25) is 4.79 Å². The fraction of sp³-hybridized carbons (Fsp3) is 0.375. The lowest BCUT2D eigenvalue weighted by Crippen LogP contribution is -2.58. The van der Waals surface area contributed by atoms with Crippen molar-refractivity contribution in [2.75, 3.05) is 20.1 Å². The summed E-state index contributed by atoms with van der Waals surface area (Å²) in [5, 5.41) is 1.49. The minimum Gasteiger partial charge on any atom is -0.485 e. The van der Waals surface area contributed by atoms with E-state index in [1.54, 1.807) is 20.0 Å². The monoisotopic (exact) mass is 431 g/mol. The summed E-state index contributed by atoms with van der Waals surface area (Å²) in [6.07, 6.45) is 2.10. The van der Waals surface area contributed by atoms with Gasteiger partial charge in [0, 0.05) is 26.9 Å². The first-order chi connectivity index (χ1) is 15.3. The number of hydrogen-bond acceptors (Lipinski definition) is 6. The minimum atomic E-state index is -1.03. The summed E-state index contributed by atoms with van der Waals surface area (Å²) in [6.45, 7) is 10.1. The average Bonchev–Trinajstić information content (AvgIpc) is 3.06. The van der Waals surface area contributed by atoms with Crippen LogP contribution >= 0.6 is 0 Å². The van der Waals surface area contributed by atoms with Crippen LogP contribution in [0.3, 0.4) is 0 Å². The van der Waals surface area contributed by atoms with Gasteiger partial charge in [-0.15, -0.1) is 0 Å². The van der Waals surface area contributed by atoms with Crippen molar-refractivity contribution in [2.45, 2.75) is 37.5 Å². The molecule has 1 fully saturated rings. The third kappa shape index (κ3) is 3.26. The number of aliphatic imine (C=N–C) groups is 1. The SMILES string of the molecule is [C-]#[N+]c1cccc(-c2ccc3c(c2)C2(CC4(CCCN(C(C)=O)C4)O3)N=C(N)N(C)O2)c1. The molecule has 32 heavy (non-hydrogen) atoms. The van der Waals surface area contributed by atoms with Crippen LogP contribution in [-0.2, 0) is 15.4 Å². The van der Waals surface area contributed by atoms with Gasteiger partial charge in [0.1, 0.15) is 11.4 Å². The number of rotatable bonds is 1. The zero-order chi connectivity index (χ0) is 22.5. The van der Waals surface area contributed by atoms with Crippen molar-refractivity contribution < 1.29 is 14.4 Å². The van der Waals surface area contributed by atoms with Crippen LogP contribution in [-0.4, -0.2) is 47.6 Å². The quantitative estimate of drug-likeness (QED) is 0.700. The van der Waals surface area contributed by atoms with E-state index in [1.807, 2.05) is 41.3 Å². The number of amides is 1. The molecule has 3 heterocycles. The molecule has 0 aromatic heterocycles. The van der Waals surface area contributed by atoms with E-state index in [2.05, 4.69) is 4.85 Å². The van der Waals surface area contributed by atoms with Crippen molar-refractivity contribution in [1.82, 2.24) is 9.96 Å². The van der Waals surface area contributed by atoms with Crippen LogP contribution in [0.4, 0.5) is 5.69 Å². The Morgan fingerprint density at radius 3 is 2.78 bits per heavy atom. The van der Waals surface area contributed by atoms with Crippen LogP contribution in [0.1, 0.15) is 31.7 Å². The molecule has 0 radical (unpaired) electrons. The zero-order valence-corrected chi connectivity index (χ0v) is 18.2.